The molecule has 0 unspecified atom stereocenters. The number of amides is 1. The minimum Gasteiger partial charge on any atom is -0.393 e. The molecule has 0 saturated heterocycles. The summed E-state index contributed by atoms with van der Waals surface area (Å²) in [6.45, 7) is 0.150. The van der Waals surface area contributed by atoms with Crippen LogP contribution in [0.15, 0.2) is 24.5 Å². The molecule has 20 heavy (non-hydrogen) atoms. The third kappa shape index (κ3) is 2.55. The fourth-order valence-corrected chi connectivity index (χ4v) is 1.63. The highest BCUT2D eigenvalue weighted by Crippen LogP contribution is 2.24. The topological polar surface area (TPSA) is 129 Å². The van der Waals surface area contributed by atoms with Crippen molar-refractivity contribution in [3.05, 3.63) is 46.0 Å². The molecule has 9 heteroatoms. The molecule has 0 fully saturated rings. The van der Waals surface area contributed by atoms with Crippen LogP contribution in [-0.2, 0) is 13.6 Å². The number of nitrogens with one attached hydrogen (secondary N) is 1. The Balaban J connectivity index is 2.16. The van der Waals surface area contributed by atoms with Crippen LogP contribution in [0.1, 0.15) is 16.2 Å². The van der Waals surface area contributed by atoms with E-state index in [0.29, 0.717) is 5.82 Å². The van der Waals surface area contributed by atoms with Crippen LogP contribution in [0.2, 0.25) is 0 Å². The summed E-state index contributed by atoms with van der Waals surface area (Å²) in [6.07, 6.45) is 1.50. The standard InChI is InChI=1S/C11H12N6O3/c1-16-6-14-15-9(16)5-13-11(18)7-3-2-4-8(10(7)12)17(19)20/h2-4,6H,5,12H2,1H3,(H,13,18). The first-order chi connectivity index (χ1) is 9.50. The number of nitro groups is 1. The number of carbonyl (C=O) groups excluding carboxylic acids is 1. The molecule has 2 aromatic rings. The summed E-state index contributed by atoms with van der Waals surface area (Å²) >= 11 is 0. The van der Waals surface area contributed by atoms with E-state index in [0.717, 1.165) is 0 Å². The van der Waals surface area contributed by atoms with Gasteiger partial charge in [0.05, 0.1) is 17.0 Å². The first-order valence-corrected chi connectivity index (χ1v) is 5.64. The summed E-state index contributed by atoms with van der Waals surface area (Å²) in [4.78, 5) is 22.1. The van der Waals surface area contributed by atoms with Crippen molar-refractivity contribution in [2.45, 2.75) is 6.54 Å². The van der Waals surface area contributed by atoms with E-state index in [1.807, 2.05) is 0 Å². The van der Waals surface area contributed by atoms with Crippen molar-refractivity contribution < 1.29 is 9.72 Å². The van der Waals surface area contributed by atoms with Gasteiger partial charge in [0.1, 0.15) is 12.0 Å². The van der Waals surface area contributed by atoms with Gasteiger partial charge in [0.15, 0.2) is 5.82 Å². The Morgan fingerprint density at radius 1 is 1.55 bits per heavy atom. The van der Waals surface area contributed by atoms with E-state index in [1.165, 1.54) is 24.5 Å². The van der Waals surface area contributed by atoms with Crippen LogP contribution in [0, 0.1) is 10.1 Å². The second-order valence-corrected chi connectivity index (χ2v) is 4.04. The van der Waals surface area contributed by atoms with Crippen LogP contribution in [0.25, 0.3) is 0 Å². The highest BCUT2D eigenvalue weighted by Gasteiger charge is 2.19. The van der Waals surface area contributed by atoms with E-state index < -0.39 is 10.8 Å². The Hall–Kier alpha value is -2.97. The zero-order chi connectivity index (χ0) is 14.7. The van der Waals surface area contributed by atoms with E-state index in [9.17, 15) is 14.9 Å². The molecule has 0 aliphatic rings. The quantitative estimate of drug-likeness (QED) is 0.467. The number of nitrogen functional groups attached to an aromatic ring is 1. The van der Waals surface area contributed by atoms with E-state index in [1.54, 1.807) is 11.6 Å². The maximum absolute atomic E-state index is 12.0. The summed E-state index contributed by atoms with van der Waals surface area (Å²) in [7, 11) is 1.74. The number of nitrogens with two attached hydrogens (primary N) is 1. The molecular formula is C11H12N6O3. The van der Waals surface area contributed by atoms with Gasteiger partial charge in [-0.05, 0) is 6.07 Å². The lowest BCUT2D eigenvalue weighted by molar-refractivity contribution is -0.383. The highest BCUT2D eigenvalue weighted by atomic mass is 16.6. The van der Waals surface area contributed by atoms with Crippen molar-refractivity contribution in [2.75, 3.05) is 5.73 Å². The number of para-hydroxylation sites is 1. The number of carbonyl (C=O) groups is 1. The summed E-state index contributed by atoms with van der Waals surface area (Å²) in [5.74, 6) is 0.0524. The number of aromatic nitrogens is 3. The first-order valence-electron chi connectivity index (χ1n) is 5.64. The number of rotatable bonds is 4. The zero-order valence-corrected chi connectivity index (χ0v) is 10.6. The van der Waals surface area contributed by atoms with Gasteiger partial charge in [-0.25, -0.2) is 0 Å². The molecule has 0 spiro atoms. The van der Waals surface area contributed by atoms with Gasteiger partial charge in [-0.1, -0.05) is 6.07 Å². The number of hydrogen-bond acceptors (Lipinski definition) is 6. The lowest BCUT2D eigenvalue weighted by Gasteiger charge is -2.07. The van der Waals surface area contributed by atoms with Gasteiger partial charge >= 0.3 is 0 Å². The molecular weight excluding hydrogens is 264 g/mol. The monoisotopic (exact) mass is 276 g/mol. The van der Waals surface area contributed by atoms with Crippen LogP contribution in [0.3, 0.4) is 0 Å². The van der Waals surface area contributed by atoms with Crippen LogP contribution in [0.4, 0.5) is 11.4 Å². The van der Waals surface area contributed by atoms with Crippen molar-refractivity contribution in [1.29, 1.82) is 0 Å². The maximum Gasteiger partial charge on any atom is 0.292 e. The van der Waals surface area contributed by atoms with E-state index >= 15 is 0 Å². The molecule has 0 atom stereocenters. The predicted octanol–water partition coefficient (Wildman–Crippen LogP) is 0.235. The molecule has 1 heterocycles. The molecule has 0 aliphatic carbocycles. The predicted molar refractivity (Wildman–Crippen MR) is 69.7 cm³/mol. The van der Waals surface area contributed by atoms with Crippen LogP contribution in [-0.4, -0.2) is 25.6 Å². The van der Waals surface area contributed by atoms with Gasteiger partial charge in [0, 0.05) is 13.1 Å². The normalized spacial score (nSPS) is 10.2. The highest BCUT2D eigenvalue weighted by molar-refractivity contribution is 6.00. The van der Waals surface area contributed by atoms with Crippen molar-refractivity contribution in [2.24, 2.45) is 7.05 Å². The second kappa shape index (κ2) is 5.34. The van der Waals surface area contributed by atoms with Crippen LogP contribution >= 0.6 is 0 Å². The average molecular weight is 276 g/mol. The Bertz CT molecular complexity index is 666. The Labute approximate surface area is 113 Å². The molecule has 3 N–H and O–H groups in total. The van der Waals surface area contributed by atoms with Gasteiger partial charge in [-0.15, -0.1) is 10.2 Å². The van der Waals surface area contributed by atoms with E-state index in [2.05, 4.69) is 15.5 Å². The van der Waals surface area contributed by atoms with E-state index in [4.69, 9.17) is 5.73 Å². The largest absolute Gasteiger partial charge is 0.393 e. The molecule has 104 valence electrons. The third-order valence-corrected chi connectivity index (χ3v) is 2.74. The number of nitrogens with zero attached hydrogens (tertiary/aromatic N) is 4. The molecule has 0 aliphatic heterocycles. The third-order valence-electron chi connectivity index (χ3n) is 2.74. The summed E-state index contributed by atoms with van der Waals surface area (Å²) in [5, 5.41) is 20.8. The first kappa shape index (κ1) is 13.5. The fourth-order valence-electron chi connectivity index (χ4n) is 1.63. The minimum absolute atomic E-state index is 0.0568. The summed E-state index contributed by atoms with van der Waals surface area (Å²) in [5.41, 5.74) is 5.23. The van der Waals surface area contributed by atoms with Crippen LogP contribution < -0.4 is 11.1 Å². The molecule has 0 radical (unpaired) electrons. The number of aryl methyl sites for hydroxylation is 1. The molecule has 9 nitrogen and oxygen atoms in total. The average Bonchev–Trinajstić information content (AvgIpc) is 2.81. The molecule has 1 aromatic heterocycles. The number of anilines is 1. The number of benzene rings is 1. The van der Waals surface area contributed by atoms with Crippen molar-refractivity contribution in [3.8, 4) is 0 Å². The lowest BCUT2D eigenvalue weighted by atomic mass is 10.1. The summed E-state index contributed by atoms with van der Waals surface area (Å²) < 4.78 is 1.65. The molecule has 0 saturated carbocycles. The molecule has 1 aromatic carbocycles. The smallest absolute Gasteiger partial charge is 0.292 e. The number of hydrogen-bond donors (Lipinski definition) is 2. The second-order valence-electron chi connectivity index (χ2n) is 4.04. The van der Waals surface area contributed by atoms with Gasteiger partial charge in [0.25, 0.3) is 11.6 Å². The Kier molecular flexibility index (Phi) is 3.60. The molecule has 2 rings (SSSR count). The lowest BCUT2D eigenvalue weighted by Crippen LogP contribution is -2.25. The maximum atomic E-state index is 12.0. The SMILES string of the molecule is Cn1cnnc1CNC(=O)c1cccc([N+](=O)[O-])c1N. The van der Waals surface area contributed by atoms with Gasteiger partial charge in [-0.3, -0.25) is 14.9 Å². The van der Waals surface area contributed by atoms with E-state index in [-0.39, 0.29) is 23.5 Å². The van der Waals surface area contributed by atoms with Crippen molar-refractivity contribution in [1.82, 2.24) is 20.1 Å². The van der Waals surface area contributed by atoms with Gasteiger partial charge < -0.3 is 15.6 Å². The van der Waals surface area contributed by atoms with Crippen molar-refractivity contribution >= 4 is 17.3 Å². The molecule has 0 bridgehead atoms. The Morgan fingerprint density at radius 3 is 2.90 bits per heavy atom. The van der Waals surface area contributed by atoms with Crippen molar-refractivity contribution in [3.63, 3.8) is 0 Å². The Morgan fingerprint density at radius 2 is 2.30 bits per heavy atom. The fraction of sp³-hybridized carbons (Fsp3) is 0.182. The van der Waals surface area contributed by atoms with Gasteiger partial charge in [0.2, 0.25) is 0 Å². The summed E-state index contributed by atoms with van der Waals surface area (Å²) in [6, 6.07) is 4.08. The van der Waals surface area contributed by atoms with Gasteiger partial charge in [-0.2, -0.15) is 0 Å². The molecule has 1 amide bonds. The minimum atomic E-state index is -0.630. The number of nitro benzene ring substituents is 1. The van der Waals surface area contributed by atoms with Crippen LogP contribution in [0.5, 0.6) is 0 Å². The zero-order valence-electron chi connectivity index (χ0n) is 10.6.